The van der Waals surface area contributed by atoms with Crippen molar-refractivity contribution < 1.29 is 38.1 Å². The smallest absolute Gasteiger partial charge is 0.475 e. The number of alkyl halides is 3. The van der Waals surface area contributed by atoms with E-state index in [4.69, 9.17) is 20.1 Å². The summed E-state index contributed by atoms with van der Waals surface area (Å²) in [4.78, 5) is 24.6. The van der Waals surface area contributed by atoms with Crippen LogP contribution in [0.3, 0.4) is 0 Å². The Morgan fingerprint density at radius 2 is 1.61 bits per heavy atom. The zero-order chi connectivity index (χ0) is 30.3. The Bertz CT molecular complexity index is 1250. The zero-order valence-electron chi connectivity index (χ0n) is 22.9. The zero-order valence-corrected chi connectivity index (χ0v) is 22.9. The Morgan fingerprint density at radius 1 is 1.00 bits per heavy atom. The summed E-state index contributed by atoms with van der Waals surface area (Å²) < 4.78 is 31.7. The summed E-state index contributed by atoms with van der Waals surface area (Å²) in [5, 5.41) is 31.7. The quantitative estimate of drug-likeness (QED) is 0.0978. The van der Waals surface area contributed by atoms with E-state index in [0.29, 0.717) is 25.9 Å². The molecule has 9 nitrogen and oxygen atoms in total. The normalized spacial score (nSPS) is 11.6. The molecule has 3 rings (SSSR count). The molecular weight excluding hydrogens is 541 g/mol. The van der Waals surface area contributed by atoms with Gasteiger partial charge in [0.1, 0.15) is 0 Å². The molecule has 3 aromatic rings. The van der Waals surface area contributed by atoms with E-state index in [2.05, 4.69) is 59.0 Å². The lowest BCUT2D eigenvalue weighted by Gasteiger charge is -2.21. The van der Waals surface area contributed by atoms with Crippen molar-refractivity contribution in [2.24, 2.45) is 0 Å². The predicted molar refractivity (Wildman–Crippen MR) is 151 cm³/mol. The summed E-state index contributed by atoms with van der Waals surface area (Å²) in [5.41, 5.74) is 8.73. The number of hydrazine groups is 1. The number of aromatic amines is 1. The molecule has 0 spiro atoms. The molecule has 41 heavy (non-hydrogen) atoms. The minimum absolute atomic E-state index is 0.0607. The summed E-state index contributed by atoms with van der Waals surface area (Å²) >= 11 is 0. The van der Waals surface area contributed by atoms with Gasteiger partial charge in [-0.1, -0.05) is 42.5 Å². The second-order valence-corrected chi connectivity index (χ2v) is 9.20. The third-order valence-corrected chi connectivity index (χ3v) is 6.00. The Kier molecular flexibility index (Phi) is 14.0. The third-order valence-electron chi connectivity index (χ3n) is 6.00. The Hall–Kier alpha value is -3.71. The molecule has 224 valence electrons. The fraction of sp³-hybridized carbons (Fsp3) is 0.379. The first-order valence-corrected chi connectivity index (χ1v) is 13.2. The van der Waals surface area contributed by atoms with E-state index in [1.54, 1.807) is 11.1 Å². The first-order chi connectivity index (χ1) is 19.5. The number of carboxylic acid groups (broad SMARTS) is 1. The topological polar surface area (TPSA) is 138 Å². The van der Waals surface area contributed by atoms with Gasteiger partial charge >= 0.3 is 12.1 Å². The number of fused-ring (bicyclic) bond motifs is 1. The number of aliphatic hydroxyl groups is 2. The second-order valence-electron chi connectivity index (χ2n) is 9.20. The monoisotopic (exact) mass is 578 g/mol. The van der Waals surface area contributed by atoms with Gasteiger partial charge in [-0.25, -0.2) is 9.80 Å². The van der Waals surface area contributed by atoms with Gasteiger partial charge in [-0.2, -0.15) is 13.2 Å². The van der Waals surface area contributed by atoms with Crippen LogP contribution in [0.1, 0.15) is 35.2 Å². The molecule has 0 radical (unpaired) electrons. The highest BCUT2D eigenvalue weighted by atomic mass is 19.4. The van der Waals surface area contributed by atoms with Gasteiger partial charge in [0.25, 0.3) is 5.91 Å². The maximum absolute atomic E-state index is 12.2. The van der Waals surface area contributed by atoms with E-state index in [1.807, 2.05) is 12.1 Å². The van der Waals surface area contributed by atoms with Crippen LogP contribution in [0.15, 0.2) is 54.6 Å². The Balaban J connectivity index is 0.000000745. The number of aryl methyl sites for hydroxylation is 1. The molecule has 12 heteroatoms. The molecular formula is C29H37F3N4O5. The van der Waals surface area contributed by atoms with Crippen molar-refractivity contribution in [3.05, 3.63) is 77.0 Å². The summed E-state index contributed by atoms with van der Waals surface area (Å²) in [5.74, 6) is -2.98. The molecule has 1 aromatic heterocycles. The molecule has 2 aromatic carbocycles. The van der Waals surface area contributed by atoms with Crippen LogP contribution in [0.5, 0.6) is 0 Å². The summed E-state index contributed by atoms with van der Waals surface area (Å²) in [6.07, 6.45) is 0.294. The van der Waals surface area contributed by atoms with E-state index >= 15 is 0 Å². The maximum atomic E-state index is 12.2. The van der Waals surface area contributed by atoms with E-state index in [-0.39, 0.29) is 19.1 Å². The van der Waals surface area contributed by atoms with E-state index in [9.17, 15) is 18.0 Å². The van der Waals surface area contributed by atoms with E-state index in [1.165, 1.54) is 33.8 Å². The van der Waals surface area contributed by atoms with Gasteiger partial charge in [-0.05, 0) is 61.6 Å². The number of rotatable bonds is 14. The van der Waals surface area contributed by atoms with Gasteiger partial charge in [0, 0.05) is 55.5 Å². The van der Waals surface area contributed by atoms with Crippen molar-refractivity contribution >= 4 is 28.9 Å². The van der Waals surface area contributed by atoms with Crippen molar-refractivity contribution in [2.75, 3.05) is 32.8 Å². The van der Waals surface area contributed by atoms with Crippen LogP contribution in [0, 0.1) is 6.92 Å². The molecule has 1 heterocycles. The van der Waals surface area contributed by atoms with Crippen LogP contribution >= 0.6 is 0 Å². The first kappa shape index (κ1) is 33.5. The van der Waals surface area contributed by atoms with Crippen LogP contribution in [0.4, 0.5) is 13.2 Å². The molecule has 0 aliphatic heterocycles. The number of hydrogen-bond donors (Lipinski definition) is 6. The van der Waals surface area contributed by atoms with Gasteiger partial charge in [-0.15, -0.1) is 0 Å². The highest BCUT2D eigenvalue weighted by Gasteiger charge is 2.38. The van der Waals surface area contributed by atoms with Gasteiger partial charge in [0.2, 0.25) is 0 Å². The number of aliphatic carboxylic acids is 1. The molecule has 0 aliphatic rings. The molecule has 6 N–H and O–H groups in total. The van der Waals surface area contributed by atoms with Gasteiger partial charge in [0.15, 0.2) is 0 Å². The SMILES string of the molecule is Cc1[nH]c2ccccc2c1CCNCc1ccc(/C=C/C(=O)NN(CCCO)CCCO)cc1.O=C(O)C(F)(F)F. The summed E-state index contributed by atoms with van der Waals surface area (Å²) in [7, 11) is 0. The van der Waals surface area contributed by atoms with E-state index in [0.717, 1.165) is 25.1 Å². The molecule has 0 atom stereocenters. The van der Waals surface area contributed by atoms with Crippen LogP contribution in [0.25, 0.3) is 17.0 Å². The Morgan fingerprint density at radius 3 is 2.20 bits per heavy atom. The minimum atomic E-state index is -5.08. The minimum Gasteiger partial charge on any atom is -0.475 e. The number of amides is 1. The fourth-order valence-corrected chi connectivity index (χ4v) is 3.96. The Labute approximate surface area is 236 Å². The number of hydrogen-bond acceptors (Lipinski definition) is 6. The number of H-pyrrole nitrogens is 1. The lowest BCUT2D eigenvalue weighted by atomic mass is 10.1. The van der Waals surface area contributed by atoms with Crippen molar-refractivity contribution in [1.29, 1.82) is 0 Å². The number of aromatic nitrogens is 1. The summed E-state index contributed by atoms with van der Waals surface area (Å²) in [6.45, 7) is 5.01. The number of benzene rings is 2. The average molecular weight is 579 g/mol. The van der Waals surface area contributed by atoms with Crippen LogP contribution in [-0.4, -0.2) is 76.2 Å². The molecule has 0 saturated heterocycles. The van der Waals surface area contributed by atoms with E-state index < -0.39 is 12.1 Å². The lowest BCUT2D eigenvalue weighted by molar-refractivity contribution is -0.192. The highest BCUT2D eigenvalue weighted by molar-refractivity contribution is 5.91. The number of para-hydroxylation sites is 1. The molecule has 0 saturated carbocycles. The fourth-order valence-electron chi connectivity index (χ4n) is 3.96. The van der Waals surface area contributed by atoms with Crippen molar-refractivity contribution in [1.82, 2.24) is 20.7 Å². The average Bonchev–Trinajstić information content (AvgIpc) is 3.26. The maximum Gasteiger partial charge on any atom is 0.490 e. The third kappa shape index (κ3) is 12.1. The van der Waals surface area contributed by atoms with Gasteiger partial charge in [0.05, 0.1) is 0 Å². The van der Waals surface area contributed by atoms with Crippen molar-refractivity contribution in [3.8, 4) is 0 Å². The van der Waals surface area contributed by atoms with Crippen LogP contribution < -0.4 is 10.7 Å². The van der Waals surface area contributed by atoms with Crippen molar-refractivity contribution in [3.63, 3.8) is 0 Å². The summed E-state index contributed by atoms with van der Waals surface area (Å²) in [6, 6.07) is 16.5. The lowest BCUT2D eigenvalue weighted by Crippen LogP contribution is -2.43. The number of carbonyl (C=O) groups is 2. The number of nitrogens with zero attached hydrogens (tertiary/aromatic N) is 1. The predicted octanol–water partition coefficient (Wildman–Crippen LogP) is 3.55. The molecule has 0 unspecified atom stereocenters. The molecule has 1 amide bonds. The standard InChI is InChI=1S/C27H36N4O3.C2HF3O2/c1-21-24(25-6-2-3-7-26(25)29-21)14-15-28-20-23-10-8-22(9-11-23)12-13-27(34)30-31(16-4-18-32)17-5-19-33;3-2(4,5)1(6)7/h2-3,6-13,28-29,32-33H,4-5,14-20H2,1H3,(H,30,34);(H,6,7)/b13-12+;. The number of carboxylic acids is 1. The molecule has 0 bridgehead atoms. The van der Waals surface area contributed by atoms with Crippen molar-refractivity contribution in [2.45, 2.75) is 38.9 Å². The number of nitrogens with one attached hydrogen (secondary N) is 3. The van der Waals surface area contributed by atoms with Crippen LogP contribution in [-0.2, 0) is 22.6 Å². The number of halogens is 3. The number of aliphatic hydroxyl groups excluding tert-OH is 2. The second kappa shape index (κ2) is 17.2. The van der Waals surface area contributed by atoms with Gasteiger partial charge in [-0.3, -0.25) is 10.2 Å². The number of carbonyl (C=O) groups excluding carboxylic acids is 1. The van der Waals surface area contributed by atoms with Crippen LogP contribution in [0.2, 0.25) is 0 Å². The van der Waals surface area contributed by atoms with Gasteiger partial charge < -0.3 is 25.6 Å². The molecule has 0 aliphatic carbocycles. The highest BCUT2D eigenvalue weighted by Crippen LogP contribution is 2.22. The molecule has 0 fully saturated rings. The largest absolute Gasteiger partial charge is 0.490 e. The first-order valence-electron chi connectivity index (χ1n) is 13.2.